The third-order valence-electron chi connectivity index (χ3n) is 3.46. The van der Waals surface area contributed by atoms with Crippen LogP contribution in [-0.4, -0.2) is 0 Å². The molecule has 0 nitrogen and oxygen atoms in total. The Kier molecular flexibility index (Phi) is 4.09. The number of halogens is 1. The predicted molar refractivity (Wildman–Crippen MR) is 99.8 cm³/mol. The van der Waals surface area contributed by atoms with Gasteiger partial charge in [-0.2, -0.15) is 0 Å². The number of allylic oxidation sites excluding steroid dienone is 1. The number of hydrogen-bond donors (Lipinski definition) is 0. The van der Waals surface area contributed by atoms with Gasteiger partial charge in [0.2, 0.25) is 0 Å². The minimum Gasteiger partial charge on any atom is -0.135 e. The van der Waals surface area contributed by atoms with E-state index < -0.39 is 0 Å². The van der Waals surface area contributed by atoms with Gasteiger partial charge in [0.05, 0.1) is 0 Å². The number of hydrogen-bond acceptors (Lipinski definition) is 1. The lowest BCUT2D eigenvalue weighted by Crippen LogP contribution is -1.78. The molecule has 3 rings (SSSR count). The number of fused-ring (bicyclic) bond motifs is 1. The van der Waals surface area contributed by atoms with Crippen molar-refractivity contribution in [2.24, 2.45) is 0 Å². The first kappa shape index (κ1) is 14.3. The molecule has 0 aliphatic carbocycles. The summed E-state index contributed by atoms with van der Waals surface area (Å²) in [5.41, 5.74) is 3.75. The van der Waals surface area contributed by atoms with Crippen LogP contribution in [0.1, 0.15) is 17.4 Å². The van der Waals surface area contributed by atoms with Gasteiger partial charge in [-0.3, -0.25) is 0 Å². The molecule has 0 spiro atoms. The standard InChI is InChI=1S/C19H15BrS/c1-3-6-18-15(4-2)17-8-5-7-16(19(17)21-18)13-9-11-14(20)12-10-13/h3-12H,2H2,1H3/b6-3-. The maximum absolute atomic E-state index is 3.98. The summed E-state index contributed by atoms with van der Waals surface area (Å²) in [6.07, 6.45) is 6.20. The van der Waals surface area contributed by atoms with E-state index in [9.17, 15) is 0 Å². The van der Waals surface area contributed by atoms with Crippen molar-refractivity contribution in [1.82, 2.24) is 0 Å². The van der Waals surface area contributed by atoms with E-state index in [-0.39, 0.29) is 0 Å². The second kappa shape index (κ2) is 6.00. The molecular formula is C19H15BrS. The lowest BCUT2D eigenvalue weighted by Gasteiger charge is -2.04. The van der Waals surface area contributed by atoms with Crippen molar-refractivity contribution < 1.29 is 0 Å². The maximum Gasteiger partial charge on any atom is 0.0433 e. The van der Waals surface area contributed by atoms with Crippen LogP contribution >= 0.6 is 27.3 Å². The van der Waals surface area contributed by atoms with Crippen molar-refractivity contribution in [2.45, 2.75) is 6.92 Å². The predicted octanol–water partition coefficient (Wildman–Crippen LogP) is 7.01. The molecule has 3 aromatic rings. The highest BCUT2D eigenvalue weighted by molar-refractivity contribution is 9.10. The highest BCUT2D eigenvalue weighted by Crippen LogP contribution is 2.39. The molecule has 1 aromatic heterocycles. The summed E-state index contributed by atoms with van der Waals surface area (Å²) >= 11 is 5.32. The molecular weight excluding hydrogens is 340 g/mol. The fourth-order valence-corrected chi connectivity index (χ4v) is 4.07. The lowest BCUT2D eigenvalue weighted by molar-refractivity contribution is 1.63. The fraction of sp³-hybridized carbons (Fsp3) is 0.0526. The summed E-state index contributed by atoms with van der Waals surface area (Å²) in [6.45, 7) is 6.03. The van der Waals surface area contributed by atoms with E-state index in [1.165, 1.54) is 31.7 Å². The Labute approximate surface area is 137 Å². The lowest BCUT2D eigenvalue weighted by atomic mass is 10.0. The summed E-state index contributed by atoms with van der Waals surface area (Å²) < 4.78 is 2.42. The van der Waals surface area contributed by atoms with Crippen LogP contribution in [0.3, 0.4) is 0 Å². The molecule has 0 aliphatic rings. The van der Waals surface area contributed by atoms with E-state index in [2.05, 4.69) is 77.1 Å². The zero-order valence-corrected chi connectivity index (χ0v) is 14.2. The van der Waals surface area contributed by atoms with Gasteiger partial charge in [0.1, 0.15) is 0 Å². The van der Waals surface area contributed by atoms with Gasteiger partial charge < -0.3 is 0 Å². The first-order valence-corrected chi connectivity index (χ1v) is 8.42. The van der Waals surface area contributed by atoms with Crippen LogP contribution in [0.2, 0.25) is 0 Å². The van der Waals surface area contributed by atoms with Crippen molar-refractivity contribution in [3.63, 3.8) is 0 Å². The van der Waals surface area contributed by atoms with Crippen molar-refractivity contribution in [1.29, 1.82) is 0 Å². The molecule has 0 saturated carbocycles. The zero-order chi connectivity index (χ0) is 14.8. The highest BCUT2D eigenvalue weighted by Gasteiger charge is 2.11. The summed E-state index contributed by atoms with van der Waals surface area (Å²) in [5, 5.41) is 1.28. The van der Waals surface area contributed by atoms with Crippen molar-refractivity contribution in [2.75, 3.05) is 0 Å². The Morgan fingerprint density at radius 2 is 1.86 bits per heavy atom. The van der Waals surface area contributed by atoms with Gasteiger partial charge in [-0.25, -0.2) is 0 Å². The number of benzene rings is 2. The van der Waals surface area contributed by atoms with Gasteiger partial charge in [0.15, 0.2) is 0 Å². The smallest absolute Gasteiger partial charge is 0.0433 e. The normalized spacial score (nSPS) is 11.3. The van der Waals surface area contributed by atoms with Gasteiger partial charge in [-0.1, -0.05) is 65.0 Å². The van der Waals surface area contributed by atoms with Crippen LogP contribution in [0.25, 0.3) is 33.4 Å². The van der Waals surface area contributed by atoms with Crippen LogP contribution in [-0.2, 0) is 0 Å². The van der Waals surface area contributed by atoms with Crippen LogP contribution in [0.4, 0.5) is 0 Å². The van der Waals surface area contributed by atoms with Gasteiger partial charge in [-0.15, -0.1) is 11.3 Å². The summed E-state index contributed by atoms with van der Waals surface area (Å²) in [4.78, 5) is 1.27. The zero-order valence-electron chi connectivity index (χ0n) is 11.8. The minimum absolute atomic E-state index is 1.10. The van der Waals surface area contributed by atoms with Crippen LogP contribution in [0, 0.1) is 0 Å². The first-order valence-electron chi connectivity index (χ1n) is 6.81. The summed E-state index contributed by atoms with van der Waals surface area (Å²) in [6, 6.07) is 15.0. The van der Waals surface area contributed by atoms with E-state index in [0.717, 1.165) is 4.47 Å². The van der Waals surface area contributed by atoms with Gasteiger partial charge >= 0.3 is 0 Å². The van der Waals surface area contributed by atoms with Gasteiger partial charge in [0, 0.05) is 19.4 Å². The summed E-state index contributed by atoms with van der Waals surface area (Å²) in [5.74, 6) is 0. The Hall–Kier alpha value is -1.64. The molecule has 0 N–H and O–H groups in total. The molecule has 2 heteroatoms. The Morgan fingerprint density at radius 3 is 2.52 bits per heavy atom. The minimum atomic E-state index is 1.10. The Morgan fingerprint density at radius 1 is 1.10 bits per heavy atom. The maximum atomic E-state index is 3.98. The van der Waals surface area contributed by atoms with E-state index in [1.54, 1.807) is 0 Å². The molecule has 0 amide bonds. The van der Waals surface area contributed by atoms with E-state index in [0.29, 0.717) is 0 Å². The topological polar surface area (TPSA) is 0 Å². The third kappa shape index (κ3) is 2.61. The molecule has 21 heavy (non-hydrogen) atoms. The molecule has 0 fully saturated rings. The van der Waals surface area contributed by atoms with Crippen LogP contribution < -0.4 is 0 Å². The van der Waals surface area contributed by atoms with E-state index in [4.69, 9.17) is 0 Å². The quantitative estimate of drug-likeness (QED) is 0.474. The van der Waals surface area contributed by atoms with Gasteiger partial charge in [-0.05, 0) is 41.8 Å². The molecule has 0 aliphatic heterocycles. The number of rotatable bonds is 3. The summed E-state index contributed by atoms with van der Waals surface area (Å²) in [7, 11) is 0. The van der Waals surface area contributed by atoms with E-state index in [1.807, 2.05) is 24.3 Å². The third-order valence-corrected chi connectivity index (χ3v) is 5.21. The molecule has 1 heterocycles. The molecule has 0 saturated heterocycles. The SMILES string of the molecule is C=Cc1c(/C=C\C)sc2c(-c3ccc(Br)cc3)cccc12. The Bertz CT molecular complexity index is 823. The average Bonchev–Trinajstić information content (AvgIpc) is 2.85. The van der Waals surface area contributed by atoms with Crippen LogP contribution in [0.15, 0.2) is 59.6 Å². The van der Waals surface area contributed by atoms with Crippen LogP contribution in [0.5, 0.6) is 0 Å². The number of thiophene rings is 1. The van der Waals surface area contributed by atoms with Gasteiger partial charge in [0.25, 0.3) is 0 Å². The molecule has 0 radical (unpaired) electrons. The molecule has 0 unspecified atom stereocenters. The molecule has 0 bridgehead atoms. The largest absolute Gasteiger partial charge is 0.135 e. The average molecular weight is 355 g/mol. The molecule has 104 valence electrons. The fourth-order valence-electron chi connectivity index (χ4n) is 2.50. The molecule has 2 aromatic carbocycles. The second-order valence-electron chi connectivity index (χ2n) is 4.77. The second-order valence-corrected chi connectivity index (χ2v) is 6.74. The first-order chi connectivity index (χ1) is 10.2. The van der Waals surface area contributed by atoms with E-state index >= 15 is 0 Å². The van der Waals surface area contributed by atoms with Crippen molar-refractivity contribution in [3.8, 4) is 11.1 Å². The van der Waals surface area contributed by atoms with Crippen molar-refractivity contribution in [3.05, 3.63) is 70.0 Å². The highest BCUT2D eigenvalue weighted by atomic mass is 79.9. The molecule has 0 atom stereocenters. The monoisotopic (exact) mass is 354 g/mol. The van der Waals surface area contributed by atoms with Crippen molar-refractivity contribution >= 4 is 49.5 Å². The Balaban J connectivity index is 2.29.